The highest BCUT2D eigenvalue weighted by Gasteiger charge is 2.27. The highest BCUT2D eigenvalue weighted by Crippen LogP contribution is 2.28. The second kappa shape index (κ2) is 7.18. The predicted molar refractivity (Wildman–Crippen MR) is 76.7 cm³/mol. The van der Waals surface area contributed by atoms with E-state index in [2.05, 4.69) is 15.9 Å². The Kier molecular flexibility index (Phi) is 5.54. The van der Waals surface area contributed by atoms with Gasteiger partial charge in [-0.1, -0.05) is 22.0 Å². The zero-order valence-electron chi connectivity index (χ0n) is 11.4. The molecule has 0 saturated heterocycles. The molecule has 0 N–H and O–H groups in total. The van der Waals surface area contributed by atoms with Crippen LogP contribution in [0.15, 0.2) is 22.7 Å². The van der Waals surface area contributed by atoms with Crippen LogP contribution in [0.1, 0.15) is 31.2 Å². The molecule has 3 nitrogen and oxygen atoms in total. The number of hydrogen-bond acceptors (Lipinski definition) is 3. The number of ether oxygens (including phenoxy) is 2. The molecule has 1 aliphatic carbocycles. The molecule has 0 radical (unpaired) electrons. The summed E-state index contributed by atoms with van der Waals surface area (Å²) in [5.74, 6) is -0.408. The largest absolute Gasteiger partial charge is 0.469 e. The third-order valence-electron chi connectivity index (χ3n) is 3.70. The first-order valence-corrected chi connectivity index (χ1v) is 7.53. The Morgan fingerprint density at radius 3 is 2.65 bits per heavy atom. The van der Waals surface area contributed by atoms with E-state index in [0.717, 1.165) is 30.2 Å². The second-order valence-corrected chi connectivity index (χ2v) is 5.96. The Bertz CT molecular complexity index is 470. The molecule has 2 rings (SSSR count). The fourth-order valence-corrected chi connectivity index (χ4v) is 2.81. The number of hydrogen-bond donors (Lipinski definition) is 0. The Morgan fingerprint density at radius 1 is 1.35 bits per heavy atom. The van der Waals surface area contributed by atoms with Crippen LogP contribution in [0.4, 0.5) is 4.39 Å². The van der Waals surface area contributed by atoms with Crippen molar-refractivity contribution in [1.82, 2.24) is 0 Å². The van der Waals surface area contributed by atoms with E-state index < -0.39 is 0 Å². The summed E-state index contributed by atoms with van der Waals surface area (Å²) in [5.41, 5.74) is 0.559. The molecule has 110 valence electrons. The van der Waals surface area contributed by atoms with Crippen molar-refractivity contribution in [3.05, 3.63) is 34.1 Å². The SMILES string of the molecule is COC(=O)C1CCC(OCc2ccc(Br)cc2F)CC1. The smallest absolute Gasteiger partial charge is 0.308 e. The third-order valence-corrected chi connectivity index (χ3v) is 4.19. The summed E-state index contributed by atoms with van der Waals surface area (Å²) in [6.07, 6.45) is 3.29. The lowest BCUT2D eigenvalue weighted by molar-refractivity contribution is -0.147. The molecule has 1 aromatic rings. The highest BCUT2D eigenvalue weighted by atomic mass is 79.9. The molecule has 0 aliphatic heterocycles. The van der Waals surface area contributed by atoms with Crippen LogP contribution in [0.3, 0.4) is 0 Å². The van der Waals surface area contributed by atoms with Crippen molar-refractivity contribution in [1.29, 1.82) is 0 Å². The van der Waals surface area contributed by atoms with Crippen LogP contribution in [-0.2, 0) is 20.9 Å². The summed E-state index contributed by atoms with van der Waals surface area (Å²) >= 11 is 3.23. The molecule has 0 spiro atoms. The maximum Gasteiger partial charge on any atom is 0.308 e. The summed E-state index contributed by atoms with van der Waals surface area (Å²) in [4.78, 5) is 11.4. The van der Waals surface area contributed by atoms with E-state index in [4.69, 9.17) is 9.47 Å². The molecule has 1 fully saturated rings. The van der Waals surface area contributed by atoms with Gasteiger partial charge in [0.2, 0.25) is 0 Å². The van der Waals surface area contributed by atoms with Crippen molar-refractivity contribution in [2.75, 3.05) is 7.11 Å². The summed E-state index contributed by atoms with van der Waals surface area (Å²) in [6, 6.07) is 4.96. The third kappa shape index (κ3) is 4.03. The molecule has 20 heavy (non-hydrogen) atoms. The minimum atomic E-state index is -0.261. The van der Waals surface area contributed by atoms with E-state index in [9.17, 15) is 9.18 Å². The number of benzene rings is 1. The van der Waals surface area contributed by atoms with Crippen molar-refractivity contribution in [3.8, 4) is 0 Å². The van der Waals surface area contributed by atoms with Crippen LogP contribution in [0, 0.1) is 11.7 Å². The molecule has 1 aliphatic rings. The van der Waals surface area contributed by atoms with Gasteiger partial charge >= 0.3 is 5.97 Å². The number of rotatable bonds is 4. The van der Waals surface area contributed by atoms with E-state index in [-0.39, 0.29) is 30.4 Å². The lowest BCUT2D eigenvalue weighted by atomic mass is 9.87. The van der Waals surface area contributed by atoms with Gasteiger partial charge in [0.15, 0.2) is 0 Å². The predicted octanol–water partition coefficient (Wildman–Crippen LogP) is 3.84. The average Bonchev–Trinajstić information content (AvgIpc) is 2.46. The lowest BCUT2D eigenvalue weighted by Crippen LogP contribution is -2.27. The van der Waals surface area contributed by atoms with Gasteiger partial charge in [-0.3, -0.25) is 4.79 Å². The standard InChI is InChI=1S/C15H18BrFO3/c1-19-15(18)10-3-6-13(7-4-10)20-9-11-2-5-12(16)8-14(11)17/h2,5,8,10,13H,3-4,6-7,9H2,1H3. The normalized spacial score (nSPS) is 22.6. The minimum absolute atomic E-state index is 0.00994. The Balaban J connectivity index is 1.80. The Morgan fingerprint density at radius 2 is 2.05 bits per heavy atom. The lowest BCUT2D eigenvalue weighted by Gasteiger charge is -2.27. The Labute approximate surface area is 126 Å². The van der Waals surface area contributed by atoms with Gasteiger partial charge < -0.3 is 9.47 Å². The quantitative estimate of drug-likeness (QED) is 0.778. The van der Waals surface area contributed by atoms with Gasteiger partial charge in [-0.25, -0.2) is 4.39 Å². The maximum absolute atomic E-state index is 13.6. The molecular formula is C15H18BrFO3. The molecule has 0 bridgehead atoms. The van der Waals surface area contributed by atoms with E-state index in [0.29, 0.717) is 5.56 Å². The summed E-state index contributed by atoms with van der Waals surface area (Å²) in [6.45, 7) is 0.271. The van der Waals surface area contributed by atoms with Gasteiger partial charge in [0.25, 0.3) is 0 Å². The van der Waals surface area contributed by atoms with Gasteiger partial charge in [0.1, 0.15) is 5.82 Å². The van der Waals surface area contributed by atoms with Gasteiger partial charge in [-0.05, 0) is 37.8 Å². The number of carbonyl (C=O) groups excluding carboxylic acids is 1. The molecule has 0 aromatic heterocycles. The molecule has 0 heterocycles. The van der Waals surface area contributed by atoms with Crippen LogP contribution in [0.2, 0.25) is 0 Å². The fraction of sp³-hybridized carbons (Fsp3) is 0.533. The summed E-state index contributed by atoms with van der Waals surface area (Å²) in [5, 5.41) is 0. The maximum atomic E-state index is 13.6. The van der Waals surface area contributed by atoms with Crippen molar-refractivity contribution in [2.45, 2.75) is 38.4 Å². The second-order valence-electron chi connectivity index (χ2n) is 5.04. The van der Waals surface area contributed by atoms with Crippen molar-refractivity contribution >= 4 is 21.9 Å². The van der Waals surface area contributed by atoms with Crippen molar-refractivity contribution in [3.63, 3.8) is 0 Å². The highest BCUT2D eigenvalue weighted by molar-refractivity contribution is 9.10. The van der Waals surface area contributed by atoms with Gasteiger partial charge in [-0.15, -0.1) is 0 Å². The van der Waals surface area contributed by atoms with Gasteiger partial charge in [0, 0.05) is 10.0 Å². The topological polar surface area (TPSA) is 35.5 Å². The first-order chi connectivity index (χ1) is 9.60. The molecule has 0 atom stereocenters. The molecule has 0 unspecified atom stereocenters. The summed E-state index contributed by atoms with van der Waals surface area (Å²) < 4.78 is 24.9. The molecule has 1 saturated carbocycles. The number of methoxy groups -OCH3 is 1. The van der Waals surface area contributed by atoms with Crippen LogP contribution in [0.5, 0.6) is 0 Å². The molecule has 1 aromatic carbocycles. The van der Waals surface area contributed by atoms with E-state index in [1.165, 1.54) is 13.2 Å². The van der Waals surface area contributed by atoms with Crippen LogP contribution in [0.25, 0.3) is 0 Å². The fourth-order valence-electron chi connectivity index (χ4n) is 2.48. The monoisotopic (exact) mass is 344 g/mol. The first kappa shape index (κ1) is 15.4. The molecular weight excluding hydrogens is 327 g/mol. The summed E-state index contributed by atoms with van der Waals surface area (Å²) in [7, 11) is 1.42. The number of halogens is 2. The van der Waals surface area contributed by atoms with E-state index in [1.54, 1.807) is 12.1 Å². The number of esters is 1. The molecule has 5 heteroatoms. The van der Waals surface area contributed by atoms with Gasteiger partial charge in [0.05, 0.1) is 25.7 Å². The zero-order chi connectivity index (χ0) is 14.5. The minimum Gasteiger partial charge on any atom is -0.469 e. The first-order valence-electron chi connectivity index (χ1n) is 6.73. The Hall–Kier alpha value is -0.940. The van der Waals surface area contributed by atoms with Crippen molar-refractivity contribution < 1.29 is 18.7 Å². The number of carbonyl (C=O) groups is 1. The van der Waals surface area contributed by atoms with E-state index in [1.807, 2.05) is 0 Å². The van der Waals surface area contributed by atoms with E-state index >= 15 is 0 Å². The van der Waals surface area contributed by atoms with Crippen molar-refractivity contribution in [2.24, 2.45) is 5.92 Å². The van der Waals surface area contributed by atoms with Crippen LogP contribution < -0.4 is 0 Å². The average molecular weight is 345 g/mol. The zero-order valence-corrected chi connectivity index (χ0v) is 13.0. The molecule has 0 amide bonds. The van der Waals surface area contributed by atoms with Crippen LogP contribution in [-0.4, -0.2) is 19.2 Å². The van der Waals surface area contributed by atoms with Gasteiger partial charge in [-0.2, -0.15) is 0 Å². The van der Waals surface area contributed by atoms with Crippen LogP contribution >= 0.6 is 15.9 Å².